The van der Waals surface area contributed by atoms with Crippen LogP contribution in [-0.2, 0) is 11.8 Å². The number of aromatic nitrogens is 3. The number of hydrogen-bond acceptors (Lipinski definition) is 3. The third-order valence-corrected chi connectivity index (χ3v) is 6.51. The highest BCUT2D eigenvalue weighted by Crippen LogP contribution is 2.38. The molecule has 3 heterocycles. The number of benzene rings is 2. The van der Waals surface area contributed by atoms with Crippen LogP contribution in [0.4, 0.5) is 10.2 Å². The van der Waals surface area contributed by atoms with E-state index in [0.29, 0.717) is 16.8 Å². The van der Waals surface area contributed by atoms with Gasteiger partial charge in [0.15, 0.2) is 0 Å². The molecule has 1 unspecified atom stereocenters. The molecule has 0 radical (unpaired) electrons. The van der Waals surface area contributed by atoms with E-state index in [-0.39, 0.29) is 17.3 Å². The van der Waals surface area contributed by atoms with Crippen molar-refractivity contribution in [2.24, 2.45) is 7.05 Å². The SMILES string of the molecule is Cc1ccccc1-c1c(-c2ccnc(NC(=O)C(C)c3ccc(F)cc3)c2)[nH]c2ccn(C)c(=O)c12. The van der Waals surface area contributed by atoms with Gasteiger partial charge in [-0.3, -0.25) is 9.59 Å². The largest absolute Gasteiger partial charge is 0.354 e. The number of aromatic amines is 1. The zero-order valence-corrected chi connectivity index (χ0v) is 20.2. The van der Waals surface area contributed by atoms with Crippen LogP contribution in [0.1, 0.15) is 24.0 Å². The van der Waals surface area contributed by atoms with Gasteiger partial charge in [0.1, 0.15) is 11.6 Å². The van der Waals surface area contributed by atoms with Gasteiger partial charge in [0.05, 0.1) is 22.5 Å². The highest BCUT2D eigenvalue weighted by atomic mass is 19.1. The van der Waals surface area contributed by atoms with Crippen LogP contribution in [0.3, 0.4) is 0 Å². The van der Waals surface area contributed by atoms with Crippen LogP contribution in [0, 0.1) is 12.7 Å². The van der Waals surface area contributed by atoms with E-state index in [1.807, 2.05) is 43.3 Å². The van der Waals surface area contributed by atoms with Gasteiger partial charge in [-0.2, -0.15) is 0 Å². The second-order valence-electron chi connectivity index (χ2n) is 8.90. The second kappa shape index (κ2) is 9.26. The Labute approximate surface area is 207 Å². The number of nitrogens with zero attached hydrogens (tertiary/aromatic N) is 2. The number of amides is 1. The van der Waals surface area contributed by atoms with Gasteiger partial charge >= 0.3 is 0 Å². The van der Waals surface area contributed by atoms with Crippen molar-refractivity contribution in [2.75, 3.05) is 5.32 Å². The third kappa shape index (κ3) is 4.20. The molecule has 0 saturated carbocycles. The molecule has 0 aliphatic heterocycles. The molecule has 5 rings (SSSR count). The van der Waals surface area contributed by atoms with Crippen molar-refractivity contribution in [2.45, 2.75) is 19.8 Å². The Morgan fingerprint density at radius 2 is 1.83 bits per heavy atom. The van der Waals surface area contributed by atoms with Crippen LogP contribution in [0.5, 0.6) is 0 Å². The number of hydrogen-bond donors (Lipinski definition) is 2. The maximum absolute atomic E-state index is 13.3. The Hall–Kier alpha value is -4.52. The zero-order valence-electron chi connectivity index (χ0n) is 20.2. The lowest BCUT2D eigenvalue weighted by Crippen LogP contribution is -2.19. The molecule has 180 valence electrons. The van der Waals surface area contributed by atoms with Gasteiger partial charge in [0.25, 0.3) is 5.56 Å². The molecule has 0 saturated heterocycles. The van der Waals surface area contributed by atoms with Gasteiger partial charge in [0.2, 0.25) is 5.91 Å². The second-order valence-corrected chi connectivity index (χ2v) is 8.90. The number of pyridine rings is 2. The van der Waals surface area contributed by atoms with Crippen LogP contribution in [0.15, 0.2) is 83.9 Å². The van der Waals surface area contributed by atoms with Crippen molar-refractivity contribution < 1.29 is 9.18 Å². The Morgan fingerprint density at radius 1 is 1.08 bits per heavy atom. The minimum absolute atomic E-state index is 0.0936. The average Bonchev–Trinajstić information content (AvgIpc) is 3.27. The number of carbonyl (C=O) groups excluding carboxylic acids is 1. The lowest BCUT2D eigenvalue weighted by molar-refractivity contribution is -0.117. The van der Waals surface area contributed by atoms with Gasteiger partial charge in [-0.25, -0.2) is 9.37 Å². The Morgan fingerprint density at radius 3 is 2.58 bits per heavy atom. The molecule has 7 heteroatoms. The molecule has 2 N–H and O–H groups in total. The summed E-state index contributed by atoms with van der Waals surface area (Å²) in [5, 5.41) is 3.47. The molecular formula is C29H25FN4O2. The van der Waals surface area contributed by atoms with Crippen molar-refractivity contribution in [3.05, 3.63) is 106 Å². The summed E-state index contributed by atoms with van der Waals surface area (Å²) >= 11 is 0. The minimum atomic E-state index is -0.491. The predicted octanol–water partition coefficient (Wildman–Crippen LogP) is 5.79. The summed E-state index contributed by atoms with van der Waals surface area (Å²) in [4.78, 5) is 33.8. The van der Waals surface area contributed by atoms with Crippen molar-refractivity contribution in [1.82, 2.24) is 14.5 Å². The smallest absolute Gasteiger partial charge is 0.260 e. The first-order chi connectivity index (χ1) is 17.3. The number of nitrogens with one attached hydrogen (secondary N) is 2. The molecule has 1 amide bonds. The van der Waals surface area contributed by atoms with E-state index in [0.717, 1.165) is 33.5 Å². The molecule has 0 fully saturated rings. The van der Waals surface area contributed by atoms with E-state index in [1.54, 1.807) is 49.1 Å². The van der Waals surface area contributed by atoms with Crippen molar-refractivity contribution in [3.63, 3.8) is 0 Å². The molecule has 5 aromatic rings. The molecule has 0 aliphatic carbocycles. The predicted molar refractivity (Wildman–Crippen MR) is 140 cm³/mol. The normalized spacial score (nSPS) is 12.0. The van der Waals surface area contributed by atoms with E-state index < -0.39 is 5.92 Å². The van der Waals surface area contributed by atoms with E-state index in [9.17, 15) is 14.0 Å². The number of carbonyl (C=O) groups is 1. The first-order valence-electron chi connectivity index (χ1n) is 11.6. The number of fused-ring (bicyclic) bond motifs is 1. The summed E-state index contributed by atoms with van der Waals surface area (Å²) < 4.78 is 14.8. The molecule has 0 spiro atoms. The molecular weight excluding hydrogens is 455 g/mol. The van der Waals surface area contributed by atoms with Gasteiger partial charge in [0, 0.05) is 30.6 Å². The Bertz CT molecular complexity index is 1650. The number of H-pyrrole nitrogens is 1. The molecule has 3 aromatic heterocycles. The van der Waals surface area contributed by atoms with Gasteiger partial charge in [-0.1, -0.05) is 36.4 Å². The Balaban J connectivity index is 1.58. The molecule has 1 atom stereocenters. The molecule has 0 aliphatic rings. The monoisotopic (exact) mass is 480 g/mol. The molecule has 2 aromatic carbocycles. The summed E-state index contributed by atoms with van der Waals surface area (Å²) in [7, 11) is 1.73. The van der Waals surface area contributed by atoms with Crippen LogP contribution >= 0.6 is 0 Å². The van der Waals surface area contributed by atoms with Crippen LogP contribution < -0.4 is 10.9 Å². The molecule has 0 bridgehead atoms. The van der Waals surface area contributed by atoms with Crippen molar-refractivity contribution in [3.8, 4) is 22.4 Å². The van der Waals surface area contributed by atoms with E-state index in [1.165, 1.54) is 12.1 Å². The summed E-state index contributed by atoms with van der Waals surface area (Å²) in [5.74, 6) is -0.710. The summed E-state index contributed by atoms with van der Waals surface area (Å²) in [6, 6.07) is 19.3. The summed E-state index contributed by atoms with van der Waals surface area (Å²) in [6.07, 6.45) is 3.36. The number of anilines is 1. The third-order valence-electron chi connectivity index (χ3n) is 6.51. The zero-order chi connectivity index (χ0) is 25.4. The summed E-state index contributed by atoms with van der Waals surface area (Å²) in [5.41, 5.74) is 5.71. The van der Waals surface area contributed by atoms with Crippen LogP contribution in [0.2, 0.25) is 0 Å². The molecule has 36 heavy (non-hydrogen) atoms. The van der Waals surface area contributed by atoms with Crippen molar-refractivity contribution >= 4 is 22.6 Å². The number of rotatable bonds is 5. The minimum Gasteiger partial charge on any atom is -0.354 e. The fourth-order valence-electron chi connectivity index (χ4n) is 4.43. The molecule has 6 nitrogen and oxygen atoms in total. The fourth-order valence-corrected chi connectivity index (χ4v) is 4.43. The van der Waals surface area contributed by atoms with Gasteiger partial charge in [-0.15, -0.1) is 0 Å². The number of halogens is 1. The van der Waals surface area contributed by atoms with E-state index >= 15 is 0 Å². The highest BCUT2D eigenvalue weighted by Gasteiger charge is 2.21. The first kappa shape index (κ1) is 23.2. The van der Waals surface area contributed by atoms with E-state index in [4.69, 9.17) is 0 Å². The topological polar surface area (TPSA) is 79.8 Å². The quantitative estimate of drug-likeness (QED) is 0.334. The maximum Gasteiger partial charge on any atom is 0.260 e. The fraction of sp³-hybridized carbons (Fsp3) is 0.138. The lowest BCUT2D eigenvalue weighted by atomic mass is 9.96. The average molecular weight is 481 g/mol. The lowest BCUT2D eigenvalue weighted by Gasteiger charge is -2.13. The highest BCUT2D eigenvalue weighted by molar-refractivity contribution is 6.04. The standard InChI is InChI=1S/C29H25FN4O2/c1-17-6-4-5-7-22(17)25-26-23(13-15-34(3)29(26)36)32-27(25)20-12-14-31-24(16-20)33-28(35)18(2)19-8-10-21(30)11-9-19/h4-16,18,32H,1-3H3,(H,31,33,35). The van der Waals surface area contributed by atoms with Gasteiger partial charge < -0.3 is 14.9 Å². The van der Waals surface area contributed by atoms with E-state index in [2.05, 4.69) is 15.3 Å². The van der Waals surface area contributed by atoms with Crippen LogP contribution in [-0.4, -0.2) is 20.4 Å². The first-order valence-corrected chi connectivity index (χ1v) is 11.6. The number of aryl methyl sites for hydroxylation is 2. The van der Waals surface area contributed by atoms with Crippen molar-refractivity contribution in [1.29, 1.82) is 0 Å². The Kier molecular flexibility index (Phi) is 5.98. The van der Waals surface area contributed by atoms with Gasteiger partial charge in [-0.05, 0) is 60.9 Å². The van der Waals surface area contributed by atoms with Crippen LogP contribution in [0.25, 0.3) is 33.3 Å². The summed E-state index contributed by atoms with van der Waals surface area (Å²) in [6.45, 7) is 3.77. The maximum atomic E-state index is 13.3.